The van der Waals surface area contributed by atoms with Crippen molar-refractivity contribution in [1.29, 1.82) is 5.26 Å². The van der Waals surface area contributed by atoms with Crippen molar-refractivity contribution in [2.75, 3.05) is 18.5 Å². The second-order valence-corrected chi connectivity index (χ2v) is 3.57. The number of anilines is 1. The van der Waals surface area contributed by atoms with E-state index < -0.39 is 24.8 Å². The molecule has 0 aliphatic carbocycles. The number of nitrogens with zero attached hydrogens (tertiary/aromatic N) is 1. The average molecular weight is 272 g/mol. The molecule has 0 aromatic heterocycles. The molecule has 0 fully saturated rings. The number of nitrogens with one attached hydrogen (secondary N) is 1. The number of amides is 1. The second-order valence-electron chi connectivity index (χ2n) is 3.57. The third kappa shape index (κ3) is 5.40. The SMILES string of the molecule is N#Cc1cc(F)ccc1NC(=O)CCOCC(F)F. The highest BCUT2D eigenvalue weighted by Gasteiger charge is 2.08. The first kappa shape index (κ1) is 15.0. The predicted molar refractivity (Wildman–Crippen MR) is 61.2 cm³/mol. The standard InChI is InChI=1S/C12H11F3N2O2/c13-9-1-2-10(8(5-9)6-16)17-12(18)3-4-19-7-11(14)15/h1-2,5,11H,3-4,7H2,(H,17,18). The van der Waals surface area contributed by atoms with Crippen LogP contribution < -0.4 is 5.32 Å². The summed E-state index contributed by atoms with van der Waals surface area (Å²) in [6, 6.07) is 5.08. The lowest BCUT2D eigenvalue weighted by Crippen LogP contribution is -2.16. The number of nitriles is 1. The van der Waals surface area contributed by atoms with E-state index in [1.165, 1.54) is 6.07 Å². The molecular formula is C12H11F3N2O2. The van der Waals surface area contributed by atoms with Crippen LogP contribution in [0.3, 0.4) is 0 Å². The van der Waals surface area contributed by atoms with Gasteiger partial charge < -0.3 is 10.1 Å². The van der Waals surface area contributed by atoms with Gasteiger partial charge >= 0.3 is 0 Å². The number of hydrogen-bond acceptors (Lipinski definition) is 3. The molecule has 7 heteroatoms. The molecule has 0 bridgehead atoms. The fourth-order valence-electron chi connectivity index (χ4n) is 1.27. The summed E-state index contributed by atoms with van der Waals surface area (Å²) in [5, 5.41) is 11.1. The highest BCUT2D eigenvalue weighted by atomic mass is 19.3. The van der Waals surface area contributed by atoms with Crippen molar-refractivity contribution in [2.45, 2.75) is 12.8 Å². The molecule has 1 rings (SSSR count). The molecule has 0 saturated carbocycles. The number of benzene rings is 1. The molecule has 0 unspecified atom stereocenters. The van der Waals surface area contributed by atoms with Gasteiger partial charge in [0.1, 0.15) is 18.5 Å². The third-order valence-corrected chi connectivity index (χ3v) is 2.09. The summed E-state index contributed by atoms with van der Waals surface area (Å²) in [4.78, 5) is 11.4. The first-order valence-electron chi connectivity index (χ1n) is 5.38. The zero-order valence-corrected chi connectivity index (χ0v) is 9.83. The Bertz CT molecular complexity index is 486. The summed E-state index contributed by atoms with van der Waals surface area (Å²) in [7, 11) is 0. The van der Waals surface area contributed by atoms with E-state index in [0.29, 0.717) is 0 Å². The van der Waals surface area contributed by atoms with Crippen LogP contribution in [-0.2, 0) is 9.53 Å². The summed E-state index contributed by atoms with van der Waals surface area (Å²) in [6.45, 7) is -0.882. The maximum Gasteiger partial charge on any atom is 0.261 e. The fraction of sp³-hybridized carbons (Fsp3) is 0.333. The highest BCUT2D eigenvalue weighted by molar-refractivity contribution is 5.92. The third-order valence-electron chi connectivity index (χ3n) is 2.09. The van der Waals surface area contributed by atoms with Gasteiger partial charge in [0.15, 0.2) is 0 Å². The van der Waals surface area contributed by atoms with E-state index in [-0.39, 0.29) is 24.3 Å². The number of alkyl halides is 2. The van der Waals surface area contributed by atoms with E-state index >= 15 is 0 Å². The molecular weight excluding hydrogens is 261 g/mol. The minimum absolute atomic E-state index is 0.0122. The molecule has 0 atom stereocenters. The topological polar surface area (TPSA) is 62.1 Å². The van der Waals surface area contributed by atoms with Crippen molar-refractivity contribution >= 4 is 11.6 Å². The minimum atomic E-state index is -2.58. The molecule has 1 amide bonds. The van der Waals surface area contributed by atoms with Crippen LogP contribution in [0.2, 0.25) is 0 Å². The Kier molecular flexibility index (Phi) is 5.82. The maximum absolute atomic E-state index is 12.8. The quantitative estimate of drug-likeness (QED) is 0.808. The fourth-order valence-corrected chi connectivity index (χ4v) is 1.27. The van der Waals surface area contributed by atoms with Gasteiger partial charge in [-0.15, -0.1) is 0 Å². The number of carbonyl (C=O) groups excluding carboxylic acids is 1. The first-order chi connectivity index (χ1) is 9.02. The Morgan fingerprint density at radius 3 is 2.84 bits per heavy atom. The predicted octanol–water partition coefficient (Wildman–Crippen LogP) is 2.31. The lowest BCUT2D eigenvalue weighted by molar-refractivity contribution is -0.117. The monoisotopic (exact) mass is 272 g/mol. The number of halogens is 3. The molecule has 0 saturated heterocycles. The van der Waals surface area contributed by atoms with Gasteiger partial charge in [0, 0.05) is 0 Å². The lowest BCUT2D eigenvalue weighted by Gasteiger charge is -2.07. The number of carbonyl (C=O) groups is 1. The molecule has 0 aliphatic rings. The molecule has 4 nitrogen and oxygen atoms in total. The summed E-state index contributed by atoms with van der Waals surface area (Å²) in [5.41, 5.74) is 0.157. The van der Waals surface area contributed by atoms with Crippen molar-refractivity contribution in [2.24, 2.45) is 0 Å². The number of rotatable bonds is 6. The largest absolute Gasteiger partial charge is 0.375 e. The zero-order valence-electron chi connectivity index (χ0n) is 9.83. The van der Waals surface area contributed by atoms with Gasteiger partial charge in [-0.1, -0.05) is 0 Å². The van der Waals surface area contributed by atoms with E-state index in [4.69, 9.17) is 5.26 Å². The van der Waals surface area contributed by atoms with E-state index in [1.54, 1.807) is 6.07 Å². The summed E-state index contributed by atoms with van der Waals surface area (Å²) < 4.78 is 40.9. The molecule has 0 aliphatic heterocycles. The van der Waals surface area contributed by atoms with Crippen LogP contribution >= 0.6 is 0 Å². The molecule has 0 spiro atoms. The molecule has 102 valence electrons. The molecule has 0 radical (unpaired) electrons. The minimum Gasteiger partial charge on any atom is -0.375 e. The molecule has 1 aromatic carbocycles. The average Bonchev–Trinajstić information content (AvgIpc) is 2.36. The Morgan fingerprint density at radius 2 is 2.21 bits per heavy atom. The zero-order chi connectivity index (χ0) is 14.3. The van der Waals surface area contributed by atoms with E-state index in [2.05, 4.69) is 10.1 Å². The van der Waals surface area contributed by atoms with Crippen LogP contribution in [0.4, 0.5) is 18.9 Å². The Morgan fingerprint density at radius 1 is 1.47 bits per heavy atom. The molecule has 0 heterocycles. The first-order valence-corrected chi connectivity index (χ1v) is 5.38. The van der Waals surface area contributed by atoms with Crippen LogP contribution in [0.15, 0.2) is 18.2 Å². The van der Waals surface area contributed by atoms with Crippen molar-refractivity contribution in [1.82, 2.24) is 0 Å². The van der Waals surface area contributed by atoms with Crippen LogP contribution in [0, 0.1) is 17.1 Å². The Hall–Kier alpha value is -2.07. The second kappa shape index (κ2) is 7.38. The van der Waals surface area contributed by atoms with Crippen molar-refractivity contribution in [3.63, 3.8) is 0 Å². The number of ether oxygens (including phenoxy) is 1. The summed E-state index contributed by atoms with van der Waals surface area (Å²) >= 11 is 0. The van der Waals surface area contributed by atoms with Gasteiger partial charge in [0.2, 0.25) is 5.91 Å². The summed E-state index contributed by atoms with van der Waals surface area (Å²) in [5.74, 6) is -1.09. The van der Waals surface area contributed by atoms with E-state index in [1.807, 2.05) is 0 Å². The van der Waals surface area contributed by atoms with Gasteiger partial charge in [-0.3, -0.25) is 4.79 Å². The van der Waals surface area contributed by atoms with Crippen LogP contribution in [-0.4, -0.2) is 25.5 Å². The van der Waals surface area contributed by atoms with Crippen molar-refractivity contribution in [3.8, 4) is 6.07 Å². The molecule has 1 aromatic rings. The lowest BCUT2D eigenvalue weighted by atomic mass is 10.2. The van der Waals surface area contributed by atoms with Crippen LogP contribution in [0.5, 0.6) is 0 Å². The van der Waals surface area contributed by atoms with Gasteiger partial charge in [-0.05, 0) is 18.2 Å². The molecule has 1 N–H and O–H groups in total. The van der Waals surface area contributed by atoms with Gasteiger partial charge in [-0.2, -0.15) is 5.26 Å². The van der Waals surface area contributed by atoms with E-state index in [0.717, 1.165) is 12.1 Å². The Balaban J connectivity index is 2.47. The smallest absolute Gasteiger partial charge is 0.261 e. The normalized spacial score (nSPS) is 10.3. The van der Waals surface area contributed by atoms with Crippen LogP contribution in [0.1, 0.15) is 12.0 Å². The van der Waals surface area contributed by atoms with Crippen LogP contribution in [0.25, 0.3) is 0 Å². The number of hydrogen-bond donors (Lipinski definition) is 1. The van der Waals surface area contributed by atoms with E-state index in [9.17, 15) is 18.0 Å². The summed E-state index contributed by atoms with van der Waals surface area (Å²) in [6.07, 6.45) is -2.71. The van der Waals surface area contributed by atoms with Gasteiger partial charge in [0.25, 0.3) is 6.43 Å². The highest BCUT2D eigenvalue weighted by Crippen LogP contribution is 2.16. The van der Waals surface area contributed by atoms with Crippen molar-refractivity contribution in [3.05, 3.63) is 29.6 Å². The van der Waals surface area contributed by atoms with Gasteiger partial charge in [-0.25, -0.2) is 13.2 Å². The maximum atomic E-state index is 12.8. The molecule has 19 heavy (non-hydrogen) atoms. The van der Waals surface area contributed by atoms with Gasteiger partial charge in [0.05, 0.1) is 24.3 Å². The Labute approximate surface area is 107 Å². The van der Waals surface area contributed by atoms with Crippen molar-refractivity contribution < 1.29 is 22.7 Å².